The molecule has 0 heterocycles. The Kier molecular flexibility index (Phi) is 37.6. The first-order valence-corrected chi connectivity index (χ1v) is 22.3. The standard InChI is InChI=1S/C39H83NO3Si/c1-4-41-44(42-5-2,43-6-3)39-37-35-33-31-29-27-25-23-21-19-17-15-13-11-9-7-8-10-12-14-16-18-20-22-24-26-28-30-32-34-36-38-40/h4-40H2,1-3H3. The van der Waals surface area contributed by atoms with Crippen LogP contribution < -0.4 is 5.73 Å². The fourth-order valence-electron chi connectivity index (χ4n) is 6.61. The van der Waals surface area contributed by atoms with Crippen LogP contribution in [0.1, 0.15) is 220 Å². The first-order chi connectivity index (χ1) is 21.7. The van der Waals surface area contributed by atoms with Crippen LogP contribution >= 0.6 is 0 Å². The molecule has 0 saturated carbocycles. The van der Waals surface area contributed by atoms with Gasteiger partial charge in [0.25, 0.3) is 0 Å². The molecule has 0 atom stereocenters. The maximum Gasteiger partial charge on any atom is 0.500 e. The Bertz CT molecular complexity index is 505. The molecule has 0 aliphatic heterocycles. The van der Waals surface area contributed by atoms with Crippen LogP contribution in [-0.4, -0.2) is 35.2 Å². The predicted molar refractivity (Wildman–Crippen MR) is 198 cm³/mol. The molecule has 0 aromatic carbocycles. The molecule has 0 saturated heterocycles. The van der Waals surface area contributed by atoms with Crippen molar-refractivity contribution in [1.82, 2.24) is 0 Å². The van der Waals surface area contributed by atoms with Crippen LogP contribution in [0.5, 0.6) is 0 Å². The summed E-state index contributed by atoms with van der Waals surface area (Å²) in [6.07, 6.45) is 44.1. The van der Waals surface area contributed by atoms with Crippen molar-refractivity contribution in [3.8, 4) is 0 Å². The van der Waals surface area contributed by atoms with E-state index in [1.165, 1.54) is 199 Å². The van der Waals surface area contributed by atoms with Crippen molar-refractivity contribution >= 4 is 8.80 Å². The van der Waals surface area contributed by atoms with E-state index in [4.69, 9.17) is 19.0 Å². The van der Waals surface area contributed by atoms with E-state index in [0.717, 1.165) is 12.6 Å². The maximum absolute atomic E-state index is 5.97. The molecule has 0 aliphatic carbocycles. The zero-order chi connectivity index (χ0) is 32.1. The van der Waals surface area contributed by atoms with E-state index in [0.29, 0.717) is 19.8 Å². The molecule has 44 heavy (non-hydrogen) atoms. The Balaban J connectivity index is 3.23. The lowest BCUT2D eigenvalue weighted by atomic mass is 10.0. The number of hydrogen-bond acceptors (Lipinski definition) is 4. The highest BCUT2D eigenvalue weighted by Gasteiger charge is 2.39. The predicted octanol–water partition coefficient (Wildman–Crippen LogP) is 13.1. The third-order valence-corrected chi connectivity index (χ3v) is 12.4. The first kappa shape index (κ1) is 44.1. The molecule has 0 aromatic heterocycles. The summed E-state index contributed by atoms with van der Waals surface area (Å²) in [5, 5.41) is 0. The van der Waals surface area contributed by atoms with E-state index < -0.39 is 8.80 Å². The maximum atomic E-state index is 5.97. The molecule has 266 valence electrons. The molecule has 5 heteroatoms. The second-order valence-corrected chi connectivity index (χ2v) is 16.2. The van der Waals surface area contributed by atoms with Gasteiger partial charge in [-0.25, -0.2) is 0 Å². The van der Waals surface area contributed by atoms with Crippen LogP contribution in [0.25, 0.3) is 0 Å². The zero-order valence-electron chi connectivity index (χ0n) is 30.8. The summed E-state index contributed by atoms with van der Waals surface area (Å²) < 4.78 is 17.9. The normalized spacial score (nSPS) is 12.0. The monoisotopic (exact) mass is 642 g/mol. The Morgan fingerprint density at radius 1 is 0.295 bits per heavy atom. The molecule has 0 fully saturated rings. The average Bonchev–Trinajstić information content (AvgIpc) is 3.02. The van der Waals surface area contributed by atoms with Gasteiger partial charge in [0.2, 0.25) is 0 Å². The molecule has 2 N–H and O–H groups in total. The van der Waals surface area contributed by atoms with E-state index in [2.05, 4.69) is 0 Å². The summed E-state index contributed by atoms with van der Waals surface area (Å²) in [5.74, 6) is 0. The Hall–Kier alpha value is 0.0569. The highest BCUT2D eigenvalue weighted by molar-refractivity contribution is 6.60. The minimum atomic E-state index is -2.42. The molecule has 0 rings (SSSR count). The van der Waals surface area contributed by atoms with E-state index in [9.17, 15) is 0 Å². The van der Waals surface area contributed by atoms with Crippen molar-refractivity contribution in [1.29, 1.82) is 0 Å². The van der Waals surface area contributed by atoms with Gasteiger partial charge in [-0.2, -0.15) is 0 Å². The molecule has 0 unspecified atom stereocenters. The molecule has 0 aromatic rings. The van der Waals surface area contributed by atoms with Crippen molar-refractivity contribution in [2.24, 2.45) is 5.73 Å². The minimum absolute atomic E-state index is 0.685. The molecule has 0 amide bonds. The van der Waals surface area contributed by atoms with E-state index in [1.54, 1.807) is 0 Å². The van der Waals surface area contributed by atoms with E-state index >= 15 is 0 Å². The highest BCUT2D eigenvalue weighted by atomic mass is 28.4. The summed E-state index contributed by atoms with van der Waals surface area (Å²) >= 11 is 0. The molecule has 0 aliphatic rings. The van der Waals surface area contributed by atoms with Gasteiger partial charge in [0.15, 0.2) is 0 Å². The molecular weight excluding hydrogens is 559 g/mol. The van der Waals surface area contributed by atoms with Gasteiger partial charge in [-0.05, 0) is 40.2 Å². The van der Waals surface area contributed by atoms with Crippen molar-refractivity contribution in [3.63, 3.8) is 0 Å². The van der Waals surface area contributed by atoms with Gasteiger partial charge in [-0.15, -0.1) is 0 Å². The van der Waals surface area contributed by atoms with Crippen molar-refractivity contribution in [3.05, 3.63) is 0 Å². The highest BCUT2D eigenvalue weighted by Crippen LogP contribution is 2.21. The number of hydrogen-bond donors (Lipinski definition) is 1. The van der Waals surface area contributed by atoms with Crippen molar-refractivity contribution in [2.45, 2.75) is 226 Å². The first-order valence-electron chi connectivity index (χ1n) is 20.4. The average molecular weight is 642 g/mol. The summed E-state index contributed by atoms with van der Waals surface area (Å²) in [6.45, 7) is 9.06. The quantitative estimate of drug-likeness (QED) is 0.0536. The van der Waals surface area contributed by atoms with Crippen LogP contribution in [0.2, 0.25) is 6.04 Å². The lowest BCUT2D eigenvalue weighted by molar-refractivity contribution is 0.0706. The van der Waals surface area contributed by atoms with Crippen LogP contribution in [0.3, 0.4) is 0 Å². The van der Waals surface area contributed by atoms with Gasteiger partial charge < -0.3 is 19.0 Å². The fourth-order valence-corrected chi connectivity index (χ4v) is 9.30. The van der Waals surface area contributed by atoms with Crippen LogP contribution in [0.15, 0.2) is 0 Å². The second-order valence-electron chi connectivity index (χ2n) is 13.5. The number of rotatable bonds is 39. The van der Waals surface area contributed by atoms with E-state index in [1.807, 2.05) is 20.8 Å². The van der Waals surface area contributed by atoms with Crippen LogP contribution in [0.4, 0.5) is 0 Å². The topological polar surface area (TPSA) is 53.7 Å². The molecule has 0 bridgehead atoms. The van der Waals surface area contributed by atoms with Crippen LogP contribution in [0, 0.1) is 0 Å². The van der Waals surface area contributed by atoms with Crippen molar-refractivity contribution in [2.75, 3.05) is 26.4 Å². The van der Waals surface area contributed by atoms with Gasteiger partial charge in [0.05, 0.1) is 0 Å². The summed E-state index contributed by atoms with van der Waals surface area (Å²) in [6, 6.07) is 0.973. The molecule has 0 spiro atoms. The van der Waals surface area contributed by atoms with Crippen molar-refractivity contribution < 1.29 is 13.3 Å². The van der Waals surface area contributed by atoms with Crippen LogP contribution in [-0.2, 0) is 13.3 Å². The van der Waals surface area contributed by atoms with E-state index in [-0.39, 0.29) is 0 Å². The molecular formula is C39H83NO3Si. The van der Waals surface area contributed by atoms with Gasteiger partial charge in [0.1, 0.15) is 0 Å². The summed E-state index contributed by atoms with van der Waals surface area (Å²) in [4.78, 5) is 0. The SMILES string of the molecule is CCO[Si](CCCCCCCCCCCCCCCCCCCCCCCCCCCCCCCCCN)(OCC)OCC. The summed E-state index contributed by atoms with van der Waals surface area (Å²) in [7, 11) is -2.42. The Morgan fingerprint density at radius 2 is 0.477 bits per heavy atom. The smallest absolute Gasteiger partial charge is 0.374 e. The minimum Gasteiger partial charge on any atom is -0.374 e. The van der Waals surface area contributed by atoms with Gasteiger partial charge in [-0.3, -0.25) is 0 Å². The van der Waals surface area contributed by atoms with Gasteiger partial charge in [0, 0.05) is 25.9 Å². The zero-order valence-corrected chi connectivity index (χ0v) is 31.8. The number of unbranched alkanes of at least 4 members (excludes halogenated alkanes) is 30. The lowest BCUT2D eigenvalue weighted by Gasteiger charge is -2.28. The molecule has 0 radical (unpaired) electrons. The summed E-state index contributed by atoms with van der Waals surface area (Å²) in [5.41, 5.74) is 5.55. The largest absolute Gasteiger partial charge is 0.500 e. The fraction of sp³-hybridized carbons (Fsp3) is 1.00. The molecule has 4 nitrogen and oxygen atoms in total. The Labute approximate surface area is 279 Å². The third-order valence-electron chi connectivity index (χ3n) is 9.28. The lowest BCUT2D eigenvalue weighted by Crippen LogP contribution is -2.45. The Morgan fingerprint density at radius 3 is 0.659 bits per heavy atom. The third kappa shape index (κ3) is 32.0. The second kappa shape index (κ2) is 37.5. The number of nitrogens with two attached hydrogens (primary N) is 1. The van der Waals surface area contributed by atoms with Gasteiger partial charge in [-0.1, -0.05) is 186 Å². The van der Waals surface area contributed by atoms with Gasteiger partial charge >= 0.3 is 8.80 Å².